The van der Waals surface area contributed by atoms with Crippen LogP contribution in [-0.2, 0) is 14.9 Å². The van der Waals surface area contributed by atoms with E-state index in [1.54, 1.807) is 13.0 Å². The number of anilines is 1. The van der Waals surface area contributed by atoms with Gasteiger partial charge in [0.05, 0.1) is 0 Å². The fraction of sp³-hybridized carbons (Fsp3) is 0.222. The molecule has 6 nitrogen and oxygen atoms in total. The molecule has 0 saturated carbocycles. The molecule has 0 aliphatic heterocycles. The SMILES string of the molecule is Cc1cc(N)ccc1OC(=O)CS(=O)(=O)O. The van der Waals surface area contributed by atoms with E-state index in [1.807, 2.05) is 0 Å². The number of esters is 1. The normalized spacial score (nSPS) is 11.1. The van der Waals surface area contributed by atoms with Gasteiger partial charge in [-0.2, -0.15) is 8.42 Å². The van der Waals surface area contributed by atoms with E-state index >= 15 is 0 Å². The minimum Gasteiger partial charge on any atom is -0.425 e. The number of nitrogens with two attached hydrogens (primary N) is 1. The van der Waals surface area contributed by atoms with Gasteiger partial charge in [-0.1, -0.05) is 0 Å². The summed E-state index contributed by atoms with van der Waals surface area (Å²) in [6.07, 6.45) is 0. The van der Waals surface area contributed by atoms with E-state index in [2.05, 4.69) is 0 Å². The van der Waals surface area contributed by atoms with E-state index in [9.17, 15) is 13.2 Å². The maximum atomic E-state index is 11.1. The molecule has 0 amide bonds. The molecule has 0 atom stereocenters. The quantitative estimate of drug-likeness (QED) is 0.345. The van der Waals surface area contributed by atoms with Gasteiger partial charge in [0.1, 0.15) is 5.75 Å². The largest absolute Gasteiger partial charge is 0.425 e. The second-order valence-corrected chi connectivity index (χ2v) is 4.68. The predicted octanol–water partition coefficient (Wildman–Crippen LogP) is 0.370. The first-order valence-electron chi connectivity index (χ1n) is 4.30. The highest BCUT2D eigenvalue weighted by atomic mass is 32.2. The molecule has 0 bridgehead atoms. The van der Waals surface area contributed by atoms with Crippen LogP contribution in [0.1, 0.15) is 5.56 Å². The maximum Gasteiger partial charge on any atom is 0.329 e. The Morgan fingerprint density at radius 3 is 2.62 bits per heavy atom. The summed E-state index contributed by atoms with van der Waals surface area (Å²) in [4.78, 5) is 11.1. The number of hydrogen-bond donors (Lipinski definition) is 2. The van der Waals surface area contributed by atoms with Crippen molar-refractivity contribution in [2.24, 2.45) is 0 Å². The Labute approximate surface area is 92.8 Å². The van der Waals surface area contributed by atoms with Crippen LogP contribution in [0.15, 0.2) is 18.2 Å². The molecule has 0 aliphatic carbocycles. The third kappa shape index (κ3) is 3.87. The lowest BCUT2D eigenvalue weighted by Gasteiger charge is -2.06. The molecule has 0 spiro atoms. The fourth-order valence-electron chi connectivity index (χ4n) is 1.09. The van der Waals surface area contributed by atoms with Crippen LogP contribution in [0.4, 0.5) is 5.69 Å². The van der Waals surface area contributed by atoms with E-state index in [4.69, 9.17) is 15.0 Å². The lowest BCUT2D eigenvalue weighted by Crippen LogP contribution is -2.20. The van der Waals surface area contributed by atoms with Gasteiger partial charge in [-0.05, 0) is 30.7 Å². The number of nitrogen functional groups attached to an aromatic ring is 1. The van der Waals surface area contributed by atoms with Gasteiger partial charge in [0, 0.05) is 5.69 Å². The molecule has 0 aliphatic rings. The van der Waals surface area contributed by atoms with Crippen LogP contribution < -0.4 is 10.5 Å². The molecule has 1 aromatic rings. The highest BCUT2D eigenvalue weighted by Crippen LogP contribution is 2.20. The van der Waals surface area contributed by atoms with Crippen LogP contribution in [0.25, 0.3) is 0 Å². The monoisotopic (exact) mass is 245 g/mol. The molecule has 1 rings (SSSR count). The van der Waals surface area contributed by atoms with E-state index in [0.717, 1.165) is 0 Å². The van der Waals surface area contributed by atoms with Gasteiger partial charge >= 0.3 is 5.97 Å². The van der Waals surface area contributed by atoms with E-state index < -0.39 is 21.8 Å². The summed E-state index contributed by atoms with van der Waals surface area (Å²) in [7, 11) is -4.36. The second-order valence-electron chi connectivity index (χ2n) is 3.23. The van der Waals surface area contributed by atoms with Crippen molar-refractivity contribution in [2.45, 2.75) is 6.92 Å². The standard InChI is InChI=1S/C9H11NO5S/c1-6-4-7(10)2-3-8(6)15-9(11)5-16(12,13)14/h2-4H,5,10H2,1H3,(H,12,13,14). The zero-order valence-corrected chi connectivity index (χ0v) is 9.32. The van der Waals surface area contributed by atoms with Gasteiger partial charge in [0.25, 0.3) is 10.1 Å². The van der Waals surface area contributed by atoms with Crippen LogP contribution in [0.2, 0.25) is 0 Å². The number of ether oxygens (including phenoxy) is 1. The summed E-state index contributed by atoms with van der Waals surface area (Å²) in [5.41, 5.74) is 6.59. The number of hydrogen-bond acceptors (Lipinski definition) is 5. The molecule has 3 N–H and O–H groups in total. The molecular weight excluding hydrogens is 234 g/mol. The van der Waals surface area contributed by atoms with Gasteiger partial charge in [0.2, 0.25) is 0 Å². The first-order chi connectivity index (χ1) is 7.28. The van der Waals surface area contributed by atoms with Gasteiger partial charge < -0.3 is 10.5 Å². The van der Waals surface area contributed by atoms with Gasteiger partial charge in [-0.15, -0.1) is 0 Å². The molecule has 0 unspecified atom stereocenters. The molecule has 0 aromatic heterocycles. The van der Waals surface area contributed by atoms with E-state index in [-0.39, 0.29) is 5.75 Å². The van der Waals surface area contributed by atoms with Crippen LogP contribution in [0.5, 0.6) is 5.75 Å². The summed E-state index contributed by atoms with van der Waals surface area (Å²) >= 11 is 0. The number of benzene rings is 1. The summed E-state index contributed by atoms with van der Waals surface area (Å²) < 4.78 is 34.0. The van der Waals surface area contributed by atoms with Crippen LogP contribution >= 0.6 is 0 Å². The van der Waals surface area contributed by atoms with Gasteiger partial charge in [-0.25, -0.2) is 0 Å². The van der Waals surface area contributed by atoms with Crippen molar-refractivity contribution in [1.82, 2.24) is 0 Å². The van der Waals surface area contributed by atoms with Gasteiger partial charge in [0.15, 0.2) is 5.75 Å². The van der Waals surface area contributed by atoms with Crippen molar-refractivity contribution in [3.63, 3.8) is 0 Å². The molecule has 7 heteroatoms. The van der Waals surface area contributed by atoms with Crippen molar-refractivity contribution in [1.29, 1.82) is 0 Å². The smallest absolute Gasteiger partial charge is 0.329 e. The second kappa shape index (κ2) is 4.50. The number of carbonyl (C=O) groups is 1. The third-order valence-electron chi connectivity index (χ3n) is 1.72. The molecule has 0 radical (unpaired) electrons. The molecule has 88 valence electrons. The Hall–Kier alpha value is -1.60. The van der Waals surface area contributed by atoms with Crippen molar-refractivity contribution >= 4 is 21.8 Å². The van der Waals surface area contributed by atoms with Crippen molar-refractivity contribution < 1.29 is 22.5 Å². The van der Waals surface area contributed by atoms with Crippen molar-refractivity contribution in [3.8, 4) is 5.75 Å². The summed E-state index contributed by atoms with van der Waals surface area (Å²) in [6.45, 7) is 1.66. The zero-order valence-electron chi connectivity index (χ0n) is 8.50. The Kier molecular flexibility index (Phi) is 3.51. The fourth-order valence-corrected chi connectivity index (χ4v) is 1.44. The van der Waals surface area contributed by atoms with Crippen LogP contribution in [0.3, 0.4) is 0 Å². The Bertz CT molecular complexity index is 509. The van der Waals surface area contributed by atoms with Gasteiger partial charge in [-0.3, -0.25) is 9.35 Å². The first kappa shape index (κ1) is 12.5. The minimum atomic E-state index is -4.36. The summed E-state index contributed by atoms with van der Waals surface area (Å²) in [5, 5.41) is 0. The first-order valence-corrected chi connectivity index (χ1v) is 5.91. The van der Waals surface area contributed by atoms with Crippen molar-refractivity contribution in [2.75, 3.05) is 11.5 Å². The summed E-state index contributed by atoms with van der Waals surface area (Å²) in [6, 6.07) is 4.55. The average Bonchev–Trinajstić information content (AvgIpc) is 2.06. The lowest BCUT2D eigenvalue weighted by atomic mass is 10.2. The van der Waals surface area contributed by atoms with Crippen LogP contribution in [0, 0.1) is 6.92 Å². The highest BCUT2D eigenvalue weighted by Gasteiger charge is 2.15. The number of rotatable bonds is 3. The van der Waals surface area contributed by atoms with E-state index in [1.165, 1.54) is 12.1 Å². The Morgan fingerprint density at radius 1 is 1.50 bits per heavy atom. The Balaban J connectivity index is 2.78. The van der Waals surface area contributed by atoms with Crippen molar-refractivity contribution in [3.05, 3.63) is 23.8 Å². The number of aryl methyl sites for hydroxylation is 1. The molecule has 1 aromatic carbocycles. The maximum absolute atomic E-state index is 11.1. The molecular formula is C9H11NO5S. The topological polar surface area (TPSA) is 107 Å². The minimum absolute atomic E-state index is 0.211. The average molecular weight is 245 g/mol. The third-order valence-corrected chi connectivity index (χ3v) is 2.32. The van der Waals surface area contributed by atoms with Crippen LogP contribution in [-0.4, -0.2) is 24.7 Å². The molecule has 0 fully saturated rings. The lowest BCUT2D eigenvalue weighted by molar-refractivity contribution is -0.131. The molecule has 16 heavy (non-hydrogen) atoms. The summed E-state index contributed by atoms with van der Waals surface area (Å²) in [5.74, 6) is -1.91. The molecule has 0 heterocycles. The Morgan fingerprint density at radius 2 is 2.12 bits per heavy atom. The zero-order chi connectivity index (χ0) is 12.3. The predicted molar refractivity (Wildman–Crippen MR) is 57.6 cm³/mol. The number of carbonyl (C=O) groups excluding carboxylic acids is 1. The molecule has 0 saturated heterocycles. The van der Waals surface area contributed by atoms with E-state index in [0.29, 0.717) is 11.3 Å². The highest BCUT2D eigenvalue weighted by molar-refractivity contribution is 7.86.